The Morgan fingerprint density at radius 2 is 2.07 bits per heavy atom. The Bertz CT molecular complexity index is 950. The molecule has 2 heterocycles. The number of esters is 1. The topological polar surface area (TPSA) is 68.3 Å². The van der Waals surface area contributed by atoms with Crippen LogP contribution in [0.25, 0.3) is 9.88 Å². The fraction of sp³-hybridized carbons (Fsp3) is 0.250. The molecule has 4 rings (SSSR count). The zero-order chi connectivity index (χ0) is 18.6. The van der Waals surface area contributed by atoms with Crippen molar-refractivity contribution in [3.05, 3.63) is 64.0 Å². The van der Waals surface area contributed by atoms with Gasteiger partial charge in [0.15, 0.2) is 12.3 Å². The van der Waals surface area contributed by atoms with Crippen molar-refractivity contribution >= 4 is 34.6 Å². The molecule has 0 fully saturated rings. The molecule has 27 heavy (non-hydrogen) atoms. The summed E-state index contributed by atoms with van der Waals surface area (Å²) >= 11 is 2.95. The number of benzene rings is 1. The van der Waals surface area contributed by atoms with Gasteiger partial charge in [-0.2, -0.15) is 0 Å². The van der Waals surface area contributed by atoms with Gasteiger partial charge in [-0.1, -0.05) is 30.3 Å². The second-order valence-electron chi connectivity index (χ2n) is 6.30. The van der Waals surface area contributed by atoms with E-state index in [4.69, 9.17) is 4.74 Å². The summed E-state index contributed by atoms with van der Waals surface area (Å²) in [7, 11) is 0. The van der Waals surface area contributed by atoms with E-state index >= 15 is 0 Å². The third kappa shape index (κ3) is 4.09. The first-order chi connectivity index (χ1) is 13.2. The SMILES string of the molecule is O=C(COC(=O)c1csc(-c2cccs2)n1)N[C@H]1CCCc2ccccc21. The monoisotopic (exact) mass is 398 g/mol. The molecule has 0 unspecified atom stereocenters. The van der Waals surface area contributed by atoms with Crippen LogP contribution in [0.15, 0.2) is 47.2 Å². The minimum Gasteiger partial charge on any atom is -0.451 e. The molecule has 1 aliphatic carbocycles. The number of hydrogen-bond donors (Lipinski definition) is 1. The highest BCUT2D eigenvalue weighted by Crippen LogP contribution is 2.29. The zero-order valence-electron chi connectivity index (χ0n) is 14.5. The number of aryl methyl sites for hydroxylation is 1. The van der Waals surface area contributed by atoms with Crippen LogP contribution in [0.2, 0.25) is 0 Å². The molecule has 2 aromatic heterocycles. The average molecular weight is 399 g/mol. The number of nitrogens with one attached hydrogen (secondary N) is 1. The molecule has 5 nitrogen and oxygen atoms in total. The Hall–Kier alpha value is -2.51. The lowest BCUT2D eigenvalue weighted by molar-refractivity contribution is -0.125. The number of carbonyl (C=O) groups is 2. The first kappa shape index (κ1) is 17.9. The fourth-order valence-electron chi connectivity index (χ4n) is 3.23. The Balaban J connectivity index is 1.33. The molecule has 1 atom stereocenters. The first-order valence-corrected chi connectivity index (χ1v) is 10.5. The van der Waals surface area contributed by atoms with Crippen molar-refractivity contribution in [3.63, 3.8) is 0 Å². The predicted molar refractivity (Wildman–Crippen MR) is 106 cm³/mol. The minimum absolute atomic E-state index is 0.0224. The minimum atomic E-state index is -0.576. The van der Waals surface area contributed by atoms with Crippen molar-refractivity contribution in [1.29, 1.82) is 0 Å². The van der Waals surface area contributed by atoms with Crippen LogP contribution in [-0.4, -0.2) is 23.5 Å². The molecule has 138 valence electrons. The van der Waals surface area contributed by atoms with Crippen LogP contribution >= 0.6 is 22.7 Å². The van der Waals surface area contributed by atoms with Gasteiger partial charge in [0.25, 0.3) is 5.91 Å². The van der Waals surface area contributed by atoms with Gasteiger partial charge in [0.1, 0.15) is 5.01 Å². The summed E-state index contributed by atoms with van der Waals surface area (Å²) in [4.78, 5) is 29.7. The number of nitrogens with zero attached hydrogens (tertiary/aromatic N) is 1. The van der Waals surface area contributed by atoms with Gasteiger partial charge in [-0.3, -0.25) is 4.79 Å². The lowest BCUT2D eigenvalue weighted by Crippen LogP contribution is -2.34. The van der Waals surface area contributed by atoms with E-state index < -0.39 is 5.97 Å². The number of rotatable bonds is 5. The number of hydrogen-bond acceptors (Lipinski definition) is 6. The summed E-state index contributed by atoms with van der Waals surface area (Å²) in [6.45, 7) is -0.302. The van der Waals surface area contributed by atoms with Crippen LogP contribution in [0.4, 0.5) is 0 Å². The van der Waals surface area contributed by atoms with Crippen LogP contribution < -0.4 is 5.32 Å². The summed E-state index contributed by atoms with van der Waals surface area (Å²) in [6, 6.07) is 12.0. The van der Waals surface area contributed by atoms with E-state index in [2.05, 4.69) is 16.4 Å². The molecule has 7 heteroatoms. The highest BCUT2D eigenvalue weighted by Gasteiger charge is 2.22. The van der Waals surface area contributed by atoms with E-state index in [1.165, 1.54) is 16.9 Å². The van der Waals surface area contributed by atoms with Gasteiger partial charge in [-0.05, 0) is 41.8 Å². The summed E-state index contributed by atoms with van der Waals surface area (Å²) in [5.74, 6) is -0.869. The number of thiophene rings is 1. The number of fused-ring (bicyclic) bond motifs is 1. The Labute approximate surface area is 165 Å². The van der Waals surface area contributed by atoms with Crippen LogP contribution in [0.5, 0.6) is 0 Å². The predicted octanol–water partition coefficient (Wildman–Crippen LogP) is 4.22. The maximum Gasteiger partial charge on any atom is 0.358 e. The molecule has 3 aromatic rings. The Morgan fingerprint density at radius 3 is 2.93 bits per heavy atom. The summed E-state index contributed by atoms with van der Waals surface area (Å²) in [5.41, 5.74) is 2.66. The van der Waals surface area contributed by atoms with Gasteiger partial charge in [0, 0.05) is 5.38 Å². The Kier molecular flexibility index (Phi) is 5.31. The molecule has 0 bridgehead atoms. The summed E-state index contributed by atoms with van der Waals surface area (Å²) in [5, 5.41) is 7.38. The number of thiazole rings is 1. The van der Waals surface area contributed by atoms with Gasteiger partial charge in [-0.25, -0.2) is 9.78 Å². The first-order valence-electron chi connectivity index (χ1n) is 8.74. The second kappa shape index (κ2) is 8.02. The normalized spacial score (nSPS) is 15.8. The van der Waals surface area contributed by atoms with Gasteiger partial charge in [-0.15, -0.1) is 22.7 Å². The molecule has 0 radical (unpaired) electrons. The molecule has 0 saturated carbocycles. The van der Waals surface area contributed by atoms with Gasteiger partial charge < -0.3 is 10.1 Å². The van der Waals surface area contributed by atoms with Crippen LogP contribution in [-0.2, 0) is 16.0 Å². The van der Waals surface area contributed by atoms with E-state index in [0.717, 1.165) is 34.7 Å². The van der Waals surface area contributed by atoms with Crippen LogP contribution in [0.1, 0.15) is 40.5 Å². The summed E-state index contributed by atoms with van der Waals surface area (Å²) in [6.07, 6.45) is 2.97. The van der Waals surface area contributed by atoms with E-state index in [-0.39, 0.29) is 24.2 Å². The van der Waals surface area contributed by atoms with E-state index in [9.17, 15) is 9.59 Å². The lowest BCUT2D eigenvalue weighted by atomic mass is 9.88. The third-order valence-electron chi connectivity index (χ3n) is 4.48. The third-order valence-corrected chi connectivity index (χ3v) is 6.37. The standard InChI is InChI=1S/C20H18N2O3S2/c23-18(21-15-8-3-6-13-5-1-2-7-14(13)15)11-25-20(24)16-12-27-19(22-16)17-9-4-10-26-17/h1-2,4-5,7,9-10,12,15H,3,6,8,11H2,(H,21,23)/t15-/m0/s1. The van der Waals surface area contributed by atoms with Crippen LogP contribution in [0, 0.1) is 0 Å². The maximum atomic E-state index is 12.2. The molecule has 1 aliphatic rings. The number of ether oxygens (including phenoxy) is 1. The maximum absolute atomic E-state index is 12.2. The highest BCUT2D eigenvalue weighted by atomic mass is 32.1. The van der Waals surface area contributed by atoms with E-state index in [0.29, 0.717) is 0 Å². The van der Waals surface area contributed by atoms with Gasteiger partial charge in [0.05, 0.1) is 10.9 Å². The fourth-order valence-corrected chi connectivity index (χ4v) is 4.83. The van der Waals surface area contributed by atoms with Crippen molar-refractivity contribution < 1.29 is 14.3 Å². The van der Waals surface area contributed by atoms with Crippen molar-refractivity contribution in [2.75, 3.05) is 6.61 Å². The molecule has 0 aliphatic heterocycles. The number of carbonyl (C=O) groups excluding carboxylic acids is 2. The van der Waals surface area contributed by atoms with E-state index in [1.807, 2.05) is 35.7 Å². The molecular formula is C20H18N2O3S2. The Morgan fingerprint density at radius 1 is 1.19 bits per heavy atom. The lowest BCUT2D eigenvalue weighted by Gasteiger charge is -2.26. The molecule has 1 aromatic carbocycles. The second-order valence-corrected chi connectivity index (χ2v) is 8.11. The van der Waals surface area contributed by atoms with Gasteiger partial charge >= 0.3 is 5.97 Å². The largest absolute Gasteiger partial charge is 0.451 e. The van der Waals surface area contributed by atoms with Crippen LogP contribution in [0.3, 0.4) is 0 Å². The van der Waals surface area contributed by atoms with Crippen molar-refractivity contribution in [2.24, 2.45) is 0 Å². The smallest absolute Gasteiger partial charge is 0.358 e. The molecule has 1 amide bonds. The summed E-state index contributed by atoms with van der Waals surface area (Å²) < 4.78 is 5.15. The zero-order valence-corrected chi connectivity index (χ0v) is 16.1. The molecule has 0 saturated heterocycles. The van der Waals surface area contributed by atoms with Crippen molar-refractivity contribution in [2.45, 2.75) is 25.3 Å². The van der Waals surface area contributed by atoms with Crippen molar-refractivity contribution in [3.8, 4) is 9.88 Å². The highest BCUT2D eigenvalue weighted by molar-refractivity contribution is 7.20. The van der Waals surface area contributed by atoms with Crippen molar-refractivity contribution in [1.82, 2.24) is 10.3 Å². The number of aromatic nitrogens is 1. The number of amides is 1. The van der Waals surface area contributed by atoms with E-state index in [1.54, 1.807) is 16.7 Å². The average Bonchev–Trinajstić information content (AvgIpc) is 3.38. The molecule has 1 N–H and O–H groups in total. The molecular weight excluding hydrogens is 380 g/mol. The molecule has 0 spiro atoms. The van der Waals surface area contributed by atoms with Gasteiger partial charge in [0.2, 0.25) is 0 Å². The quantitative estimate of drug-likeness (QED) is 0.654.